The first-order valence-electron chi connectivity index (χ1n) is 15.2. The fraction of sp³-hybridized carbons (Fsp3) is 0.179. The summed E-state index contributed by atoms with van der Waals surface area (Å²) in [5.74, 6) is -3.97. The largest absolute Gasteiger partial charge is 0.416 e. The molecule has 1 aliphatic carbocycles. The third-order valence-electron chi connectivity index (χ3n) is 9.47. The Hall–Kier alpha value is -3.45. The molecule has 1 aliphatic rings. The Morgan fingerprint density at radius 3 is 1.90 bits per heavy atom. The molecule has 5 atom stereocenters. The van der Waals surface area contributed by atoms with Gasteiger partial charge in [-0.1, -0.05) is 110 Å². The lowest BCUT2D eigenvalue weighted by Crippen LogP contribution is -2.58. The van der Waals surface area contributed by atoms with Crippen molar-refractivity contribution in [1.82, 2.24) is 0 Å². The molecule has 0 heterocycles. The van der Waals surface area contributed by atoms with Crippen LogP contribution in [0.25, 0.3) is 0 Å². The van der Waals surface area contributed by atoms with Gasteiger partial charge in [-0.05, 0) is 95.4 Å². The highest BCUT2D eigenvalue weighted by atomic mass is 79.9. The number of nitriles is 1. The third kappa shape index (κ3) is 6.60. The van der Waals surface area contributed by atoms with Gasteiger partial charge in [0.15, 0.2) is 5.78 Å². The fourth-order valence-electron chi connectivity index (χ4n) is 7.36. The molecule has 0 saturated heterocycles. The maximum absolute atomic E-state index is 15.1. The predicted octanol–water partition coefficient (Wildman–Crippen LogP) is 11.7. The van der Waals surface area contributed by atoms with E-state index in [1.54, 1.807) is 97.1 Å². The highest BCUT2D eigenvalue weighted by Crippen LogP contribution is 2.64. The summed E-state index contributed by atoms with van der Waals surface area (Å²) in [7, 11) is 0. The van der Waals surface area contributed by atoms with Crippen LogP contribution >= 0.6 is 55.1 Å². The molecule has 3 nitrogen and oxygen atoms in total. The lowest BCUT2D eigenvalue weighted by Gasteiger charge is -2.56. The van der Waals surface area contributed by atoms with Gasteiger partial charge < -0.3 is 5.11 Å². The maximum atomic E-state index is 15.1. The number of carbonyl (C=O) groups excluding carboxylic acids is 1. The van der Waals surface area contributed by atoms with Gasteiger partial charge in [-0.25, -0.2) is 0 Å². The quantitative estimate of drug-likeness (QED) is 0.173. The Labute approximate surface area is 308 Å². The molecule has 1 saturated carbocycles. The molecule has 1 N–H and O–H groups in total. The number of ketones is 1. The zero-order valence-electron chi connectivity index (χ0n) is 25.4. The van der Waals surface area contributed by atoms with Crippen molar-refractivity contribution in [2.24, 2.45) is 5.92 Å². The van der Waals surface area contributed by atoms with E-state index in [0.29, 0.717) is 35.7 Å². The zero-order chi connectivity index (χ0) is 35.1. The van der Waals surface area contributed by atoms with Crippen LogP contribution < -0.4 is 0 Å². The summed E-state index contributed by atoms with van der Waals surface area (Å²) in [5.41, 5.74) is -2.94. The van der Waals surface area contributed by atoms with Crippen LogP contribution in [0.2, 0.25) is 10.0 Å². The van der Waals surface area contributed by atoms with Crippen molar-refractivity contribution in [3.05, 3.63) is 174 Å². The van der Waals surface area contributed by atoms with Crippen LogP contribution in [0.5, 0.6) is 0 Å². The number of hydrogen-bond donors (Lipinski definition) is 1. The number of alkyl halides is 3. The van der Waals surface area contributed by atoms with E-state index in [-0.39, 0.29) is 17.5 Å². The molecule has 0 aromatic heterocycles. The van der Waals surface area contributed by atoms with Crippen molar-refractivity contribution in [3.63, 3.8) is 0 Å². The van der Waals surface area contributed by atoms with E-state index in [1.807, 2.05) is 0 Å². The van der Waals surface area contributed by atoms with Crippen LogP contribution in [0.3, 0.4) is 0 Å². The Balaban J connectivity index is 1.77. The van der Waals surface area contributed by atoms with Crippen LogP contribution in [-0.4, -0.2) is 10.9 Å². The van der Waals surface area contributed by atoms with Crippen molar-refractivity contribution in [1.29, 1.82) is 5.26 Å². The van der Waals surface area contributed by atoms with E-state index in [9.17, 15) is 23.5 Å². The van der Waals surface area contributed by atoms with E-state index in [0.717, 1.165) is 12.1 Å². The van der Waals surface area contributed by atoms with Crippen LogP contribution in [-0.2, 0) is 17.2 Å². The topological polar surface area (TPSA) is 61.1 Å². The number of halogens is 7. The van der Waals surface area contributed by atoms with E-state index in [4.69, 9.17) is 23.2 Å². The van der Waals surface area contributed by atoms with Gasteiger partial charge in [0, 0.05) is 36.4 Å². The first kappa shape index (κ1) is 35.4. The van der Waals surface area contributed by atoms with Gasteiger partial charge in [0.05, 0.1) is 23.0 Å². The predicted molar refractivity (Wildman–Crippen MR) is 192 cm³/mol. The average Bonchev–Trinajstić information content (AvgIpc) is 3.08. The Morgan fingerprint density at radius 2 is 1.33 bits per heavy atom. The number of rotatable bonds is 6. The number of aliphatic hydroxyl groups is 1. The normalized spacial score (nSPS) is 23.9. The molecule has 0 spiro atoms. The van der Waals surface area contributed by atoms with E-state index in [1.165, 1.54) is 12.1 Å². The standard InChI is InChI=1S/C39H26Br2Cl2F3NO2/c40-29-8-1-4-24(18-29)33-21-38(49,26-12-16-32(43)17-13-26)35(36(48)23-10-14-31(42)15-11-23)34(25-5-2-9-30(41)19-25)37(33,22-47)27-6-3-7-28(20-27)39(44,45)46/h1-20,33-35,49H,21H2/t33-,34-,35-,37-,38-/m0/s1. The molecule has 1 fully saturated rings. The van der Waals surface area contributed by atoms with E-state index < -0.39 is 46.3 Å². The van der Waals surface area contributed by atoms with Crippen LogP contribution in [0, 0.1) is 17.2 Å². The van der Waals surface area contributed by atoms with Gasteiger partial charge in [0.2, 0.25) is 0 Å². The van der Waals surface area contributed by atoms with Crippen molar-refractivity contribution in [2.45, 2.75) is 35.4 Å². The zero-order valence-corrected chi connectivity index (χ0v) is 30.1. The molecule has 49 heavy (non-hydrogen) atoms. The smallest absolute Gasteiger partial charge is 0.384 e. The molecule has 0 bridgehead atoms. The minimum atomic E-state index is -4.71. The monoisotopic (exact) mass is 825 g/mol. The number of Topliss-reactive ketones (excluding diaryl/α,β-unsaturated/α-hetero) is 1. The summed E-state index contributed by atoms with van der Waals surface area (Å²) in [6.45, 7) is 0. The summed E-state index contributed by atoms with van der Waals surface area (Å²) in [4.78, 5) is 15.1. The van der Waals surface area contributed by atoms with E-state index >= 15 is 4.79 Å². The second-order valence-corrected chi connectivity index (χ2v) is 14.9. The Kier molecular flexibility index (Phi) is 9.89. The van der Waals surface area contributed by atoms with Crippen molar-refractivity contribution >= 4 is 60.8 Å². The van der Waals surface area contributed by atoms with Crippen molar-refractivity contribution < 1.29 is 23.1 Å². The maximum Gasteiger partial charge on any atom is 0.416 e. The summed E-state index contributed by atoms with van der Waals surface area (Å²) < 4.78 is 44.3. The number of benzene rings is 5. The molecular formula is C39H26Br2Cl2F3NO2. The lowest BCUT2D eigenvalue weighted by molar-refractivity contribution is -0.137. The molecule has 6 rings (SSSR count). The van der Waals surface area contributed by atoms with Gasteiger partial charge in [-0.3, -0.25) is 4.79 Å². The number of carbonyl (C=O) groups is 1. The second kappa shape index (κ2) is 13.7. The molecule has 248 valence electrons. The summed E-state index contributed by atoms with van der Waals surface area (Å²) >= 11 is 19.5. The number of hydrogen-bond acceptors (Lipinski definition) is 3. The SMILES string of the molecule is N#C[C@]1(c2cccc(C(F)(F)F)c2)[C@H](c2cccc(Br)c2)C[C@](O)(c2ccc(Cl)cc2)[C@H](C(=O)c2ccc(Cl)cc2)[C@@H]1c1cccc(Br)c1. The molecular weight excluding hydrogens is 802 g/mol. The fourth-order valence-corrected chi connectivity index (χ4v) is 8.44. The van der Waals surface area contributed by atoms with Crippen molar-refractivity contribution in [2.75, 3.05) is 0 Å². The lowest BCUT2D eigenvalue weighted by atomic mass is 9.46. The first-order valence-corrected chi connectivity index (χ1v) is 17.5. The second-order valence-electron chi connectivity index (χ2n) is 12.2. The van der Waals surface area contributed by atoms with Crippen LogP contribution in [0.1, 0.15) is 56.4 Å². The van der Waals surface area contributed by atoms with E-state index in [2.05, 4.69) is 37.9 Å². The molecule has 5 aromatic carbocycles. The van der Waals surface area contributed by atoms with Gasteiger partial charge >= 0.3 is 6.18 Å². The summed E-state index contributed by atoms with van der Waals surface area (Å²) in [6.07, 6.45) is -4.90. The third-order valence-corrected chi connectivity index (χ3v) is 11.0. The highest BCUT2D eigenvalue weighted by Gasteiger charge is 2.64. The molecule has 0 unspecified atom stereocenters. The first-order chi connectivity index (χ1) is 23.3. The minimum Gasteiger partial charge on any atom is -0.384 e. The molecule has 0 amide bonds. The summed E-state index contributed by atoms with van der Waals surface area (Å²) in [5, 5.41) is 25.6. The molecule has 10 heteroatoms. The van der Waals surface area contributed by atoms with Gasteiger partial charge in [-0.2, -0.15) is 18.4 Å². The average molecular weight is 828 g/mol. The van der Waals surface area contributed by atoms with Gasteiger partial charge in [-0.15, -0.1) is 0 Å². The minimum absolute atomic E-state index is 0.0758. The van der Waals surface area contributed by atoms with Gasteiger partial charge in [0.1, 0.15) is 5.60 Å². The Morgan fingerprint density at radius 1 is 0.776 bits per heavy atom. The summed E-state index contributed by atoms with van der Waals surface area (Å²) in [6, 6.07) is 34.1. The van der Waals surface area contributed by atoms with Gasteiger partial charge in [0.25, 0.3) is 0 Å². The molecule has 0 aliphatic heterocycles. The Bertz CT molecular complexity index is 2070. The number of nitrogens with zero attached hydrogens (tertiary/aromatic N) is 1. The van der Waals surface area contributed by atoms with Crippen molar-refractivity contribution in [3.8, 4) is 6.07 Å². The molecule has 0 radical (unpaired) electrons. The molecule has 5 aromatic rings. The van der Waals surface area contributed by atoms with Crippen LogP contribution in [0.15, 0.2) is 130 Å². The van der Waals surface area contributed by atoms with Crippen LogP contribution in [0.4, 0.5) is 13.2 Å². The highest BCUT2D eigenvalue weighted by molar-refractivity contribution is 9.10.